The van der Waals surface area contributed by atoms with Crippen LogP contribution >= 0.6 is 0 Å². The van der Waals surface area contributed by atoms with Gasteiger partial charge in [-0.25, -0.2) is 0 Å². The van der Waals surface area contributed by atoms with Crippen LogP contribution in [-0.2, 0) is 12.7 Å². The Hall–Kier alpha value is -1.10. The topological polar surface area (TPSA) is 24.9 Å². The average molecular weight is 220 g/mol. The van der Waals surface area contributed by atoms with E-state index in [-0.39, 0.29) is 0 Å². The Bertz CT molecular complexity index is 267. The standard InChI is InChI=1S/C8H9F3N2.C2H6/c1-12-4-6-2-3-7(13-5-6)8(9,10)11;1-2/h2-3,5,12H,4H2,1H3;1-2H3. The highest BCUT2D eigenvalue weighted by Crippen LogP contribution is 2.26. The third kappa shape index (κ3) is 4.78. The van der Waals surface area contributed by atoms with Crippen LogP contribution in [0.3, 0.4) is 0 Å². The van der Waals surface area contributed by atoms with Crippen molar-refractivity contribution in [3.8, 4) is 0 Å². The van der Waals surface area contributed by atoms with E-state index in [1.54, 1.807) is 7.05 Å². The zero-order valence-electron chi connectivity index (χ0n) is 9.02. The van der Waals surface area contributed by atoms with Gasteiger partial charge in [0.25, 0.3) is 0 Å². The van der Waals surface area contributed by atoms with Crippen molar-refractivity contribution in [3.05, 3.63) is 29.6 Å². The first-order valence-corrected chi connectivity index (χ1v) is 4.71. The second kappa shape index (κ2) is 6.40. The Balaban J connectivity index is 0.000000921. The molecule has 0 saturated carbocycles. The summed E-state index contributed by atoms with van der Waals surface area (Å²) in [6.07, 6.45) is -3.13. The monoisotopic (exact) mass is 220 g/mol. The molecule has 0 aliphatic heterocycles. The molecule has 5 heteroatoms. The van der Waals surface area contributed by atoms with E-state index in [0.717, 1.165) is 11.6 Å². The Labute approximate surface area is 87.5 Å². The Morgan fingerprint density at radius 1 is 1.27 bits per heavy atom. The van der Waals surface area contributed by atoms with Crippen molar-refractivity contribution in [1.29, 1.82) is 0 Å². The number of halogens is 3. The van der Waals surface area contributed by atoms with Crippen LogP contribution in [0.5, 0.6) is 0 Å². The van der Waals surface area contributed by atoms with Gasteiger partial charge < -0.3 is 5.32 Å². The Morgan fingerprint density at radius 2 is 1.87 bits per heavy atom. The minimum atomic E-state index is -4.35. The average Bonchev–Trinajstić information content (AvgIpc) is 2.21. The highest BCUT2D eigenvalue weighted by atomic mass is 19.4. The molecule has 15 heavy (non-hydrogen) atoms. The molecule has 0 amide bonds. The molecule has 0 atom stereocenters. The predicted molar refractivity (Wildman–Crippen MR) is 53.4 cm³/mol. The van der Waals surface area contributed by atoms with Gasteiger partial charge in [0, 0.05) is 12.7 Å². The smallest absolute Gasteiger partial charge is 0.316 e. The summed E-state index contributed by atoms with van der Waals surface area (Å²) in [6, 6.07) is 2.39. The minimum absolute atomic E-state index is 0.519. The predicted octanol–water partition coefficient (Wildman–Crippen LogP) is 2.85. The maximum Gasteiger partial charge on any atom is 0.433 e. The van der Waals surface area contributed by atoms with Gasteiger partial charge in [-0.15, -0.1) is 0 Å². The van der Waals surface area contributed by atoms with Crippen molar-refractivity contribution >= 4 is 0 Å². The Kier molecular flexibility index (Phi) is 5.93. The molecule has 0 bridgehead atoms. The van der Waals surface area contributed by atoms with Crippen LogP contribution in [0.15, 0.2) is 18.3 Å². The van der Waals surface area contributed by atoms with Crippen LogP contribution in [-0.4, -0.2) is 12.0 Å². The molecular weight excluding hydrogens is 205 g/mol. The lowest BCUT2D eigenvalue weighted by molar-refractivity contribution is -0.141. The molecule has 1 N–H and O–H groups in total. The summed E-state index contributed by atoms with van der Waals surface area (Å²) < 4.78 is 36.1. The number of hydrogen-bond acceptors (Lipinski definition) is 2. The molecule has 0 fully saturated rings. The highest BCUT2D eigenvalue weighted by molar-refractivity contribution is 5.15. The SMILES string of the molecule is CC.CNCc1ccc(C(F)(F)F)nc1. The number of nitrogens with zero attached hydrogens (tertiary/aromatic N) is 1. The largest absolute Gasteiger partial charge is 0.433 e. The minimum Gasteiger partial charge on any atom is -0.316 e. The van der Waals surface area contributed by atoms with Gasteiger partial charge in [-0.05, 0) is 18.7 Å². The van der Waals surface area contributed by atoms with Crippen molar-refractivity contribution in [2.24, 2.45) is 0 Å². The molecule has 0 aliphatic rings. The van der Waals surface area contributed by atoms with Gasteiger partial charge in [0.2, 0.25) is 0 Å². The van der Waals surface area contributed by atoms with E-state index in [0.29, 0.717) is 6.54 Å². The summed E-state index contributed by atoms with van der Waals surface area (Å²) in [4.78, 5) is 3.30. The molecule has 1 aromatic rings. The molecule has 1 heterocycles. The molecule has 1 aromatic heterocycles. The summed E-state index contributed by atoms with van der Waals surface area (Å²) in [5, 5.41) is 2.82. The van der Waals surface area contributed by atoms with Gasteiger partial charge in [0.15, 0.2) is 0 Å². The molecule has 2 nitrogen and oxygen atoms in total. The van der Waals surface area contributed by atoms with E-state index in [9.17, 15) is 13.2 Å². The van der Waals surface area contributed by atoms with Crippen LogP contribution in [0, 0.1) is 0 Å². The maximum absolute atomic E-state index is 12.0. The molecule has 0 radical (unpaired) electrons. The van der Waals surface area contributed by atoms with Gasteiger partial charge in [0.1, 0.15) is 5.69 Å². The van der Waals surface area contributed by atoms with E-state index in [2.05, 4.69) is 10.3 Å². The van der Waals surface area contributed by atoms with Gasteiger partial charge in [0.05, 0.1) is 0 Å². The van der Waals surface area contributed by atoms with Gasteiger partial charge in [-0.2, -0.15) is 13.2 Å². The third-order valence-corrected chi connectivity index (χ3v) is 1.50. The first-order chi connectivity index (χ1) is 7.04. The maximum atomic E-state index is 12.0. The fourth-order valence-electron chi connectivity index (χ4n) is 0.901. The van der Waals surface area contributed by atoms with Crippen LogP contribution in [0.4, 0.5) is 13.2 Å². The lowest BCUT2D eigenvalue weighted by Crippen LogP contribution is -2.10. The molecular formula is C10H15F3N2. The first-order valence-electron chi connectivity index (χ1n) is 4.71. The van der Waals surface area contributed by atoms with Crippen molar-refractivity contribution in [2.75, 3.05) is 7.05 Å². The van der Waals surface area contributed by atoms with Crippen LogP contribution < -0.4 is 5.32 Å². The number of alkyl halides is 3. The van der Waals surface area contributed by atoms with Crippen LogP contribution in [0.25, 0.3) is 0 Å². The van der Waals surface area contributed by atoms with Crippen LogP contribution in [0.1, 0.15) is 25.1 Å². The summed E-state index contributed by atoms with van der Waals surface area (Å²) in [7, 11) is 1.72. The second-order valence-electron chi connectivity index (χ2n) is 2.58. The second-order valence-corrected chi connectivity index (χ2v) is 2.58. The number of rotatable bonds is 2. The van der Waals surface area contributed by atoms with Crippen molar-refractivity contribution in [2.45, 2.75) is 26.6 Å². The van der Waals surface area contributed by atoms with E-state index < -0.39 is 11.9 Å². The van der Waals surface area contributed by atoms with Gasteiger partial charge in [-0.1, -0.05) is 19.9 Å². The number of aromatic nitrogens is 1. The third-order valence-electron chi connectivity index (χ3n) is 1.50. The molecule has 0 aromatic carbocycles. The fourth-order valence-corrected chi connectivity index (χ4v) is 0.901. The summed E-state index contributed by atoms with van der Waals surface area (Å²) in [5.74, 6) is 0. The Morgan fingerprint density at radius 3 is 2.20 bits per heavy atom. The zero-order valence-corrected chi connectivity index (χ0v) is 9.02. The summed E-state index contributed by atoms with van der Waals surface area (Å²) in [6.45, 7) is 4.52. The van der Waals surface area contributed by atoms with Gasteiger partial charge >= 0.3 is 6.18 Å². The highest BCUT2D eigenvalue weighted by Gasteiger charge is 2.31. The molecule has 0 aliphatic carbocycles. The van der Waals surface area contributed by atoms with E-state index in [4.69, 9.17) is 0 Å². The molecule has 0 spiro atoms. The zero-order chi connectivity index (χ0) is 11.9. The quantitative estimate of drug-likeness (QED) is 0.829. The number of nitrogens with one attached hydrogen (secondary N) is 1. The van der Waals surface area contributed by atoms with E-state index >= 15 is 0 Å². The van der Waals surface area contributed by atoms with E-state index in [1.807, 2.05) is 13.8 Å². The van der Waals surface area contributed by atoms with Crippen LogP contribution in [0.2, 0.25) is 0 Å². The lowest BCUT2D eigenvalue weighted by atomic mass is 10.2. The van der Waals surface area contributed by atoms with Crippen molar-refractivity contribution < 1.29 is 13.2 Å². The fraction of sp³-hybridized carbons (Fsp3) is 0.500. The van der Waals surface area contributed by atoms with Crippen molar-refractivity contribution in [1.82, 2.24) is 10.3 Å². The van der Waals surface area contributed by atoms with E-state index in [1.165, 1.54) is 12.3 Å². The van der Waals surface area contributed by atoms with Crippen molar-refractivity contribution in [3.63, 3.8) is 0 Å². The molecule has 0 saturated heterocycles. The summed E-state index contributed by atoms with van der Waals surface area (Å²) >= 11 is 0. The number of pyridine rings is 1. The molecule has 0 unspecified atom stereocenters. The normalized spacial score (nSPS) is 10.5. The molecule has 1 rings (SSSR count). The van der Waals surface area contributed by atoms with Gasteiger partial charge in [-0.3, -0.25) is 4.98 Å². The summed E-state index contributed by atoms with van der Waals surface area (Å²) in [5.41, 5.74) is -0.122. The molecule has 86 valence electrons. The lowest BCUT2D eigenvalue weighted by Gasteiger charge is -2.05. The number of hydrogen-bond donors (Lipinski definition) is 1. The first kappa shape index (κ1) is 13.9.